The minimum absolute atomic E-state index is 0.248. The maximum atomic E-state index is 13.0. The lowest BCUT2D eigenvalue weighted by molar-refractivity contribution is -0.123. The van der Waals surface area contributed by atoms with Crippen LogP contribution in [0.5, 0.6) is 11.5 Å². The molecule has 0 atom stereocenters. The molecule has 184 valence electrons. The highest BCUT2D eigenvalue weighted by Crippen LogP contribution is 2.38. The summed E-state index contributed by atoms with van der Waals surface area (Å²) in [6.07, 6.45) is 4.10. The van der Waals surface area contributed by atoms with Crippen molar-refractivity contribution >= 4 is 44.9 Å². The minimum atomic E-state index is -0.298. The summed E-state index contributed by atoms with van der Waals surface area (Å²) in [5.74, 6) is 0.936. The number of allylic oxidation sites excluding steroid dienone is 1. The van der Waals surface area contributed by atoms with Crippen LogP contribution in [0.2, 0.25) is 0 Å². The van der Waals surface area contributed by atoms with Gasteiger partial charge in [-0.1, -0.05) is 64.5 Å². The van der Waals surface area contributed by atoms with E-state index in [2.05, 4.69) is 22.5 Å². The molecule has 0 N–H and O–H groups in total. The number of ether oxygens (including phenoxy) is 2. The summed E-state index contributed by atoms with van der Waals surface area (Å²) in [5.41, 5.74) is 3.58. The molecule has 5 nitrogen and oxygen atoms in total. The van der Waals surface area contributed by atoms with E-state index in [0.29, 0.717) is 36.0 Å². The van der Waals surface area contributed by atoms with Crippen molar-refractivity contribution in [1.29, 1.82) is 0 Å². The Morgan fingerprint density at radius 3 is 2.44 bits per heavy atom. The van der Waals surface area contributed by atoms with Gasteiger partial charge in [0.1, 0.15) is 6.61 Å². The molecule has 1 saturated heterocycles. The topological polar surface area (TPSA) is 55.8 Å². The van der Waals surface area contributed by atoms with Gasteiger partial charge in [-0.2, -0.15) is 0 Å². The zero-order valence-electron chi connectivity index (χ0n) is 19.9. The Hall–Kier alpha value is -3.29. The van der Waals surface area contributed by atoms with Crippen molar-refractivity contribution in [3.8, 4) is 11.5 Å². The highest BCUT2D eigenvalue weighted by atomic mass is 79.9. The molecule has 0 spiro atoms. The Morgan fingerprint density at radius 2 is 1.75 bits per heavy atom. The normalized spacial score (nSPS) is 14.4. The molecule has 3 aromatic rings. The second kappa shape index (κ2) is 12.1. The number of hydrogen-bond acceptors (Lipinski definition) is 5. The van der Waals surface area contributed by atoms with Gasteiger partial charge in [0, 0.05) is 10.0 Å². The molecule has 1 heterocycles. The quantitative estimate of drug-likeness (QED) is 0.190. The number of hydrogen-bond donors (Lipinski definition) is 0. The molecule has 3 aromatic carbocycles. The van der Waals surface area contributed by atoms with E-state index in [4.69, 9.17) is 9.47 Å². The van der Waals surface area contributed by atoms with E-state index in [0.717, 1.165) is 38.5 Å². The van der Waals surface area contributed by atoms with Gasteiger partial charge in [-0.25, -0.2) is 0 Å². The van der Waals surface area contributed by atoms with Gasteiger partial charge in [-0.05, 0) is 72.1 Å². The van der Waals surface area contributed by atoms with Gasteiger partial charge >= 0.3 is 0 Å². The first kappa shape index (κ1) is 25.8. The third kappa shape index (κ3) is 6.28. The summed E-state index contributed by atoms with van der Waals surface area (Å²) < 4.78 is 13.1. The first-order valence-corrected chi connectivity index (χ1v) is 13.2. The van der Waals surface area contributed by atoms with Crippen LogP contribution < -0.4 is 9.47 Å². The second-order valence-electron chi connectivity index (χ2n) is 8.10. The van der Waals surface area contributed by atoms with Crippen molar-refractivity contribution in [2.45, 2.75) is 26.5 Å². The molecule has 0 unspecified atom stereocenters. The zero-order chi connectivity index (χ0) is 25.5. The van der Waals surface area contributed by atoms with Crippen LogP contribution in [0.1, 0.15) is 29.2 Å². The van der Waals surface area contributed by atoms with Crippen molar-refractivity contribution in [1.82, 2.24) is 4.90 Å². The number of carbonyl (C=O) groups excluding carboxylic acids is 2. The molecule has 1 aliphatic rings. The van der Waals surface area contributed by atoms with Crippen LogP contribution in [0, 0.1) is 0 Å². The molecule has 0 aliphatic carbocycles. The summed E-state index contributed by atoms with van der Waals surface area (Å²) in [5, 5.41) is -0.277. The largest absolute Gasteiger partial charge is 0.490 e. The lowest BCUT2D eigenvalue weighted by Crippen LogP contribution is -2.27. The summed E-state index contributed by atoms with van der Waals surface area (Å²) in [6.45, 7) is 6.88. The van der Waals surface area contributed by atoms with E-state index in [1.54, 1.807) is 12.2 Å². The Kier molecular flexibility index (Phi) is 8.67. The molecule has 0 bridgehead atoms. The van der Waals surface area contributed by atoms with Crippen molar-refractivity contribution in [3.63, 3.8) is 0 Å². The van der Waals surface area contributed by atoms with Crippen molar-refractivity contribution in [2.24, 2.45) is 0 Å². The number of rotatable bonds is 10. The fourth-order valence-electron chi connectivity index (χ4n) is 3.79. The van der Waals surface area contributed by atoms with Gasteiger partial charge in [0.05, 0.1) is 18.1 Å². The number of carbonyl (C=O) groups is 2. The minimum Gasteiger partial charge on any atom is -0.490 e. The van der Waals surface area contributed by atoms with Gasteiger partial charge in [-0.3, -0.25) is 14.5 Å². The van der Waals surface area contributed by atoms with Crippen molar-refractivity contribution < 1.29 is 19.1 Å². The maximum absolute atomic E-state index is 13.0. The van der Waals surface area contributed by atoms with E-state index < -0.39 is 0 Å². The first-order valence-electron chi connectivity index (χ1n) is 11.6. The summed E-state index contributed by atoms with van der Waals surface area (Å²) in [7, 11) is 0. The Bertz CT molecular complexity index is 1290. The van der Waals surface area contributed by atoms with E-state index in [9.17, 15) is 9.59 Å². The van der Waals surface area contributed by atoms with Crippen molar-refractivity contribution in [3.05, 3.63) is 111 Å². The molecular weight excluding hydrogens is 538 g/mol. The molecule has 7 heteroatoms. The molecular formula is C29H26BrNO4S. The first-order chi connectivity index (χ1) is 17.5. The van der Waals surface area contributed by atoms with Crippen LogP contribution in [0.15, 0.2) is 88.8 Å². The van der Waals surface area contributed by atoms with Crippen LogP contribution in [0.3, 0.4) is 0 Å². The second-order valence-corrected chi connectivity index (χ2v) is 10.0. The molecule has 1 fully saturated rings. The molecule has 4 rings (SSSR count). The van der Waals surface area contributed by atoms with Crippen LogP contribution in [0.4, 0.5) is 4.79 Å². The molecule has 36 heavy (non-hydrogen) atoms. The Labute approximate surface area is 223 Å². The molecule has 0 radical (unpaired) electrons. The SMILES string of the molecule is C=CCc1cc(/C=C2\SC(=O)N(Cc3ccccc3)C2=O)cc(OCC)c1OCc1ccc(Br)cc1. The highest BCUT2D eigenvalue weighted by molar-refractivity contribution is 9.10. The van der Waals surface area contributed by atoms with E-state index in [1.807, 2.05) is 73.7 Å². The third-order valence-electron chi connectivity index (χ3n) is 5.47. The summed E-state index contributed by atoms with van der Waals surface area (Å²) in [4.78, 5) is 27.3. The van der Waals surface area contributed by atoms with Gasteiger partial charge in [-0.15, -0.1) is 6.58 Å². The van der Waals surface area contributed by atoms with E-state index in [1.165, 1.54) is 4.90 Å². The third-order valence-corrected chi connectivity index (χ3v) is 6.91. The Morgan fingerprint density at radius 1 is 1.00 bits per heavy atom. The molecule has 2 amide bonds. The summed E-state index contributed by atoms with van der Waals surface area (Å²) in [6, 6.07) is 21.2. The molecule has 0 aromatic heterocycles. The number of halogens is 1. The number of nitrogens with zero attached hydrogens (tertiary/aromatic N) is 1. The monoisotopic (exact) mass is 563 g/mol. The summed E-state index contributed by atoms with van der Waals surface area (Å²) >= 11 is 4.40. The fourth-order valence-corrected chi connectivity index (χ4v) is 4.89. The number of benzene rings is 3. The van der Waals surface area contributed by atoms with Crippen molar-refractivity contribution in [2.75, 3.05) is 6.61 Å². The van der Waals surface area contributed by atoms with Gasteiger partial charge in [0.25, 0.3) is 11.1 Å². The Balaban J connectivity index is 1.61. The average Bonchev–Trinajstić information content (AvgIpc) is 3.13. The van der Waals surface area contributed by atoms with E-state index >= 15 is 0 Å². The standard InChI is InChI=1S/C29H26BrNO4S/c1-3-8-23-15-22(16-25(34-4-2)27(23)35-19-21-11-13-24(30)14-12-21)17-26-28(32)31(29(33)36-26)18-20-9-6-5-7-10-20/h3,5-7,9-17H,1,4,8,18-19H2,2H3/b26-17-. The van der Waals surface area contributed by atoms with E-state index in [-0.39, 0.29) is 17.7 Å². The predicted octanol–water partition coefficient (Wildman–Crippen LogP) is 7.39. The van der Waals surface area contributed by atoms with Crippen LogP contribution >= 0.6 is 27.7 Å². The number of imide groups is 1. The lowest BCUT2D eigenvalue weighted by atomic mass is 10.0. The molecule has 1 aliphatic heterocycles. The van der Waals surface area contributed by atoms with Gasteiger partial charge < -0.3 is 9.47 Å². The van der Waals surface area contributed by atoms with Gasteiger partial charge in [0.15, 0.2) is 11.5 Å². The smallest absolute Gasteiger partial charge is 0.293 e. The fraction of sp³-hybridized carbons (Fsp3) is 0.172. The lowest BCUT2D eigenvalue weighted by Gasteiger charge is -2.17. The number of thioether (sulfide) groups is 1. The molecule has 0 saturated carbocycles. The van der Waals surface area contributed by atoms with Crippen LogP contribution in [-0.2, 0) is 24.4 Å². The zero-order valence-corrected chi connectivity index (χ0v) is 22.3. The average molecular weight is 565 g/mol. The van der Waals surface area contributed by atoms with Gasteiger partial charge in [0.2, 0.25) is 0 Å². The number of amides is 2. The highest BCUT2D eigenvalue weighted by Gasteiger charge is 2.35. The predicted molar refractivity (Wildman–Crippen MR) is 148 cm³/mol. The van der Waals surface area contributed by atoms with Crippen LogP contribution in [0.25, 0.3) is 6.08 Å². The maximum Gasteiger partial charge on any atom is 0.293 e. The van der Waals surface area contributed by atoms with Crippen LogP contribution in [-0.4, -0.2) is 22.7 Å².